The lowest BCUT2D eigenvalue weighted by molar-refractivity contribution is 0.0737. The number of pyridine rings is 1. The van der Waals surface area contributed by atoms with E-state index in [9.17, 15) is 4.79 Å². The Balaban J connectivity index is 1.57. The zero-order valence-corrected chi connectivity index (χ0v) is 14.9. The fraction of sp³-hybridized carbons (Fsp3) is 0.381. The molecule has 2 fully saturated rings. The van der Waals surface area contributed by atoms with E-state index in [0.717, 1.165) is 47.1 Å². The van der Waals surface area contributed by atoms with Gasteiger partial charge in [-0.2, -0.15) is 5.10 Å². The maximum atomic E-state index is 13.5. The number of aryl methyl sites for hydroxylation is 1. The lowest BCUT2D eigenvalue weighted by Crippen LogP contribution is -2.30. The van der Waals surface area contributed by atoms with Crippen LogP contribution in [0.15, 0.2) is 42.7 Å². The minimum atomic E-state index is 0.118. The SMILES string of the molecule is Cn1cc([C@H]2CCCN2C(=O)c2cc(C3CC3)nc3ccccc23)cn1. The first-order valence-electron chi connectivity index (χ1n) is 9.40. The van der Waals surface area contributed by atoms with Gasteiger partial charge in [-0.25, -0.2) is 0 Å². The molecule has 3 aromatic rings. The molecule has 1 saturated carbocycles. The number of likely N-dealkylation sites (tertiary alicyclic amines) is 1. The summed E-state index contributed by atoms with van der Waals surface area (Å²) in [5.74, 6) is 0.649. The van der Waals surface area contributed by atoms with Crippen LogP contribution in [0.4, 0.5) is 0 Å². The summed E-state index contributed by atoms with van der Waals surface area (Å²) in [6.07, 6.45) is 8.30. The second-order valence-electron chi connectivity index (χ2n) is 7.49. The first-order chi connectivity index (χ1) is 12.7. The molecule has 0 unspecified atom stereocenters. The maximum absolute atomic E-state index is 13.5. The highest BCUT2D eigenvalue weighted by Crippen LogP contribution is 2.41. The predicted molar refractivity (Wildman–Crippen MR) is 99.9 cm³/mol. The van der Waals surface area contributed by atoms with Crippen molar-refractivity contribution in [1.82, 2.24) is 19.7 Å². The standard InChI is InChI=1S/C21H22N4O/c1-24-13-15(12-22-24)20-7-4-10-25(20)21(26)17-11-19(14-8-9-14)23-18-6-3-2-5-16(17)18/h2-3,5-6,11-14,20H,4,7-10H2,1H3/t20-/m1/s1. The van der Waals surface area contributed by atoms with Gasteiger partial charge in [0, 0.05) is 42.4 Å². The van der Waals surface area contributed by atoms with Crippen molar-refractivity contribution in [3.8, 4) is 0 Å². The molecule has 3 heterocycles. The summed E-state index contributed by atoms with van der Waals surface area (Å²) in [5, 5.41) is 5.25. The zero-order chi connectivity index (χ0) is 17.7. The van der Waals surface area contributed by atoms with Crippen LogP contribution in [0.25, 0.3) is 10.9 Å². The fourth-order valence-electron chi connectivity index (χ4n) is 4.08. The van der Waals surface area contributed by atoms with Gasteiger partial charge < -0.3 is 4.90 Å². The number of benzene rings is 1. The Bertz CT molecular complexity index is 989. The van der Waals surface area contributed by atoms with Crippen molar-refractivity contribution >= 4 is 16.8 Å². The minimum Gasteiger partial charge on any atom is -0.331 e. The van der Waals surface area contributed by atoms with Crippen molar-refractivity contribution in [3.05, 3.63) is 59.5 Å². The topological polar surface area (TPSA) is 51.0 Å². The van der Waals surface area contributed by atoms with Gasteiger partial charge in [0.15, 0.2) is 0 Å². The van der Waals surface area contributed by atoms with Gasteiger partial charge in [-0.1, -0.05) is 18.2 Å². The smallest absolute Gasteiger partial charge is 0.255 e. The van der Waals surface area contributed by atoms with Crippen LogP contribution in [0.3, 0.4) is 0 Å². The van der Waals surface area contributed by atoms with Crippen LogP contribution < -0.4 is 0 Å². The average Bonchev–Trinajstić information content (AvgIpc) is 3.24. The summed E-state index contributed by atoms with van der Waals surface area (Å²) in [6, 6.07) is 10.2. The van der Waals surface area contributed by atoms with E-state index in [-0.39, 0.29) is 11.9 Å². The molecule has 2 aliphatic rings. The Kier molecular flexibility index (Phi) is 3.55. The van der Waals surface area contributed by atoms with Gasteiger partial charge in [0.2, 0.25) is 0 Å². The Morgan fingerprint density at radius 1 is 1.19 bits per heavy atom. The molecule has 0 bridgehead atoms. The van der Waals surface area contributed by atoms with Gasteiger partial charge in [0.1, 0.15) is 0 Å². The second kappa shape index (κ2) is 5.94. The van der Waals surface area contributed by atoms with Gasteiger partial charge in [-0.15, -0.1) is 0 Å². The van der Waals surface area contributed by atoms with Crippen LogP contribution in [0.1, 0.15) is 59.3 Å². The zero-order valence-electron chi connectivity index (χ0n) is 14.9. The van der Waals surface area contributed by atoms with E-state index in [1.165, 1.54) is 12.8 Å². The molecular weight excluding hydrogens is 324 g/mol. The number of fused-ring (bicyclic) bond motifs is 1. The number of aromatic nitrogens is 3. The predicted octanol–water partition coefficient (Wildman–Crippen LogP) is 3.82. The number of carbonyl (C=O) groups excluding carboxylic acids is 1. The minimum absolute atomic E-state index is 0.118. The summed E-state index contributed by atoms with van der Waals surface area (Å²) < 4.78 is 1.81. The molecule has 1 amide bonds. The van der Waals surface area contributed by atoms with Crippen LogP contribution in [0.2, 0.25) is 0 Å². The third kappa shape index (κ3) is 2.59. The first kappa shape index (κ1) is 15.6. The van der Waals surface area contributed by atoms with Crippen molar-refractivity contribution in [2.75, 3.05) is 6.54 Å². The number of amides is 1. The highest BCUT2D eigenvalue weighted by Gasteiger charge is 2.33. The molecule has 1 aromatic carbocycles. The van der Waals surface area contributed by atoms with Crippen molar-refractivity contribution in [3.63, 3.8) is 0 Å². The van der Waals surface area contributed by atoms with Gasteiger partial charge in [0.25, 0.3) is 5.91 Å². The summed E-state index contributed by atoms with van der Waals surface area (Å²) in [4.78, 5) is 20.3. The largest absolute Gasteiger partial charge is 0.331 e. The molecular formula is C21H22N4O. The van der Waals surface area contributed by atoms with E-state index in [1.54, 1.807) is 0 Å². The molecule has 1 saturated heterocycles. The van der Waals surface area contributed by atoms with Crippen molar-refractivity contribution in [2.24, 2.45) is 7.05 Å². The van der Waals surface area contributed by atoms with Crippen LogP contribution in [-0.4, -0.2) is 32.1 Å². The number of nitrogens with zero attached hydrogens (tertiary/aromatic N) is 4. The van der Waals surface area contributed by atoms with E-state index < -0.39 is 0 Å². The van der Waals surface area contributed by atoms with Gasteiger partial charge >= 0.3 is 0 Å². The Morgan fingerprint density at radius 3 is 2.81 bits per heavy atom. The Hall–Kier alpha value is -2.69. The molecule has 0 radical (unpaired) electrons. The molecule has 5 heteroatoms. The van der Waals surface area contributed by atoms with E-state index in [4.69, 9.17) is 4.98 Å². The van der Waals surface area contributed by atoms with E-state index in [1.807, 2.05) is 59.4 Å². The van der Waals surface area contributed by atoms with Crippen LogP contribution in [-0.2, 0) is 7.05 Å². The van der Waals surface area contributed by atoms with Crippen molar-refractivity contribution in [2.45, 2.75) is 37.6 Å². The number of rotatable bonds is 3. The molecule has 26 heavy (non-hydrogen) atoms. The molecule has 1 atom stereocenters. The highest BCUT2D eigenvalue weighted by atomic mass is 16.2. The quantitative estimate of drug-likeness (QED) is 0.724. The molecule has 1 aliphatic heterocycles. The van der Waals surface area contributed by atoms with Crippen LogP contribution >= 0.6 is 0 Å². The third-order valence-electron chi connectivity index (χ3n) is 5.59. The second-order valence-corrected chi connectivity index (χ2v) is 7.49. The lowest BCUT2D eigenvalue weighted by atomic mass is 10.0. The summed E-state index contributed by atoms with van der Waals surface area (Å²) in [5.41, 5.74) is 3.92. The van der Waals surface area contributed by atoms with E-state index in [0.29, 0.717) is 5.92 Å². The molecule has 132 valence electrons. The number of carbonyl (C=O) groups is 1. The van der Waals surface area contributed by atoms with Crippen molar-refractivity contribution < 1.29 is 4.79 Å². The molecule has 1 aliphatic carbocycles. The molecule has 0 spiro atoms. The first-order valence-corrected chi connectivity index (χ1v) is 9.40. The summed E-state index contributed by atoms with van der Waals surface area (Å²) >= 11 is 0. The number of hydrogen-bond acceptors (Lipinski definition) is 3. The fourth-order valence-corrected chi connectivity index (χ4v) is 4.08. The van der Waals surface area contributed by atoms with Crippen LogP contribution in [0, 0.1) is 0 Å². The lowest BCUT2D eigenvalue weighted by Gasteiger charge is -2.25. The Morgan fingerprint density at radius 2 is 2.04 bits per heavy atom. The maximum Gasteiger partial charge on any atom is 0.255 e. The van der Waals surface area contributed by atoms with Gasteiger partial charge in [0.05, 0.1) is 23.3 Å². The van der Waals surface area contributed by atoms with Crippen molar-refractivity contribution in [1.29, 1.82) is 0 Å². The third-order valence-corrected chi connectivity index (χ3v) is 5.59. The summed E-state index contributed by atoms with van der Waals surface area (Å²) in [7, 11) is 1.92. The normalized spacial score (nSPS) is 20.0. The summed E-state index contributed by atoms with van der Waals surface area (Å²) in [6.45, 7) is 0.799. The van der Waals surface area contributed by atoms with Gasteiger partial charge in [-0.05, 0) is 37.8 Å². The monoisotopic (exact) mass is 346 g/mol. The van der Waals surface area contributed by atoms with Gasteiger partial charge in [-0.3, -0.25) is 14.5 Å². The molecule has 0 N–H and O–H groups in total. The molecule has 2 aromatic heterocycles. The average molecular weight is 346 g/mol. The molecule has 5 rings (SSSR count). The molecule has 5 nitrogen and oxygen atoms in total. The number of hydrogen-bond donors (Lipinski definition) is 0. The highest BCUT2D eigenvalue weighted by molar-refractivity contribution is 6.06. The van der Waals surface area contributed by atoms with E-state index in [2.05, 4.69) is 5.10 Å². The van der Waals surface area contributed by atoms with Crippen LogP contribution in [0.5, 0.6) is 0 Å². The Labute approximate surface area is 152 Å². The number of para-hydroxylation sites is 1. The van der Waals surface area contributed by atoms with E-state index >= 15 is 0 Å².